The van der Waals surface area contributed by atoms with Crippen LogP contribution in [0.3, 0.4) is 0 Å². The second-order valence-corrected chi connectivity index (χ2v) is 7.42. The van der Waals surface area contributed by atoms with E-state index in [1.165, 1.54) is 0 Å². The van der Waals surface area contributed by atoms with Crippen molar-refractivity contribution in [3.8, 4) is 0 Å². The van der Waals surface area contributed by atoms with Gasteiger partial charge in [-0.25, -0.2) is 8.57 Å². The van der Waals surface area contributed by atoms with E-state index in [1.54, 1.807) is 0 Å². The van der Waals surface area contributed by atoms with Crippen LogP contribution in [0.15, 0.2) is 4.36 Å². The summed E-state index contributed by atoms with van der Waals surface area (Å²) in [5, 5.41) is 3.75. The highest BCUT2D eigenvalue weighted by Gasteiger charge is 2.31. The van der Waals surface area contributed by atoms with Gasteiger partial charge in [-0.2, -0.15) is 0 Å². The lowest BCUT2D eigenvalue weighted by atomic mass is 9.99. The number of hydrogen-bond acceptors (Lipinski definition) is 3. The summed E-state index contributed by atoms with van der Waals surface area (Å²) in [5.74, 6) is 0.673. The second-order valence-electron chi connectivity index (χ2n) is 4.82. The molecule has 1 heterocycles. The van der Waals surface area contributed by atoms with Crippen LogP contribution in [-0.4, -0.2) is 34.8 Å². The van der Waals surface area contributed by atoms with E-state index in [0.29, 0.717) is 11.2 Å². The van der Waals surface area contributed by atoms with Gasteiger partial charge < -0.3 is 5.32 Å². The maximum atomic E-state index is 12.1. The molecule has 1 saturated heterocycles. The molecule has 0 amide bonds. The van der Waals surface area contributed by atoms with Gasteiger partial charge in [-0.05, 0) is 31.7 Å². The normalized spacial score (nSPS) is 37.6. The summed E-state index contributed by atoms with van der Waals surface area (Å²) >= 11 is 0. The van der Waals surface area contributed by atoms with Gasteiger partial charge in [-0.1, -0.05) is 6.92 Å². The molecule has 0 radical (unpaired) electrons. The molecule has 1 N–H and O–H groups in total. The van der Waals surface area contributed by atoms with Gasteiger partial charge in [-0.3, -0.25) is 0 Å². The molecule has 0 aromatic rings. The number of nitrogens with one attached hydrogen (secondary N) is 1. The van der Waals surface area contributed by atoms with Crippen LogP contribution in [0.5, 0.6) is 0 Å². The molecule has 82 valence electrons. The van der Waals surface area contributed by atoms with Crippen molar-refractivity contribution in [3.05, 3.63) is 0 Å². The lowest BCUT2D eigenvalue weighted by molar-refractivity contribution is 0.366. The first-order valence-electron chi connectivity index (χ1n) is 5.49. The van der Waals surface area contributed by atoms with E-state index in [1.807, 2.05) is 6.26 Å². The van der Waals surface area contributed by atoms with Crippen molar-refractivity contribution in [1.29, 1.82) is 0 Å². The summed E-state index contributed by atoms with van der Waals surface area (Å²) in [6.45, 7) is 4.23. The molecule has 0 aromatic heterocycles. The molecule has 3 unspecified atom stereocenters. The lowest BCUT2D eigenvalue weighted by Crippen LogP contribution is -2.38. The zero-order valence-corrected chi connectivity index (χ0v) is 9.85. The number of hydrogen-bond donors (Lipinski definition) is 1. The maximum absolute atomic E-state index is 12.1. The van der Waals surface area contributed by atoms with Crippen LogP contribution in [0.2, 0.25) is 0 Å². The largest absolute Gasteiger partial charge is 0.314 e. The van der Waals surface area contributed by atoms with Crippen LogP contribution in [0.4, 0.5) is 0 Å². The highest BCUT2D eigenvalue weighted by atomic mass is 32.2. The Labute approximate surface area is 86.8 Å². The smallest absolute Gasteiger partial charge is 0.0721 e. The van der Waals surface area contributed by atoms with Crippen LogP contribution in [0.1, 0.15) is 26.2 Å². The van der Waals surface area contributed by atoms with Gasteiger partial charge in [0.1, 0.15) is 0 Å². The molecule has 3 atom stereocenters. The first kappa shape index (κ1) is 10.4. The van der Waals surface area contributed by atoms with Gasteiger partial charge in [0.25, 0.3) is 0 Å². The van der Waals surface area contributed by atoms with E-state index in [4.69, 9.17) is 0 Å². The Hall–Kier alpha value is -0.0900. The van der Waals surface area contributed by atoms with E-state index in [9.17, 15) is 4.21 Å². The molecule has 0 bridgehead atoms. The average Bonchev–Trinajstić information content (AvgIpc) is 2.84. The summed E-state index contributed by atoms with van der Waals surface area (Å²) in [7, 11) is -1.88. The van der Waals surface area contributed by atoms with E-state index in [-0.39, 0.29) is 6.04 Å². The van der Waals surface area contributed by atoms with E-state index >= 15 is 0 Å². The highest BCUT2D eigenvalue weighted by molar-refractivity contribution is 7.93. The molecule has 4 heteroatoms. The third-order valence-corrected chi connectivity index (χ3v) is 5.47. The second kappa shape index (κ2) is 3.81. The monoisotopic (exact) mass is 216 g/mol. The van der Waals surface area contributed by atoms with Gasteiger partial charge in [0.2, 0.25) is 0 Å². The molecule has 2 aliphatic rings. The van der Waals surface area contributed by atoms with Crippen LogP contribution in [-0.2, 0) is 9.73 Å². The molecule has 2 fully saturated rings. The minimum absolute atomic E-state index is 0.289. The minimum Gasteiger partial charge on any atom is -0.314 e. The predicted octanol–water partition coefficient (Wildman–Crippen LogP) is 1.24. The fourth-order valence-electron chi connectivity index (χ4n) is 2.10. The van der Waals surface area contributed by atoms with Crippen molar-refractivity contribution in [3.63, 3.8) is 0 Å². The predicted molar refractivity (Wildman–Crippen MR) is 60.0 cm³/mol. The molecule has 0 aromatic carbocycles. The number of nitrogens with zero attached hydrogens (tertiary/aromatic N) is 1. The molecule has 1 saturated carbocycles. The van der Waals surface area contributed by atoms with Gasteiger partial charge in [0.05, 0.1) is 6.04 Å². The van der Waals surface area contributed by atoms with Crippen molar-refractivity contribution in [2.24, 2.45) is 10.3 Å². The summed E-state index contributed by atoms with van der Waals surface area (Å²) in [6.07, 6.45) is 5.18. The summed E-state index contributed by atoms with van der Waals surface area (Å²) in [4.78, 5) is 0. The SMILES string of the molecule is CC1CNCC(N=S(C)(=O)C2CC2)C1. The van der Waals surface area contributed by atoms with Gasteiger partial charge in [0, 0.05) is 27.8 Å². The summed E-state index contributed by atoms with van der Waals surface area (Å²) in [6, 6.07) is 0.289. The standard InChI is InChI=1S/C10H20N2OS/c1-8-5-9(7-11-6-8)12-14(2,13)10-3-4-10/h8-11H,3-7H2,1-2H3. The van der Waals surface area contributed by atoms with Crippen molar-refractivity contribution < 1.29 is 4.21 Å². The first-order chi connectivity index (χ1) is 6.58. The fraction of sp³-hybridized carbons (Fsp3) is 1.00. The lowest BCUT2D eigenvalue weighted by Gasteiger charge is -2.25. The number of rotatable bonds is 2. The molecule has 1 aliphatic carbocycles. The molecular formula is C10H20N2OS. The van der Waals surface area contributed by atoms with Crippen LogP contribution >= 0.6 is 0 Å². The Morgan fingerprint density at radius 3 is 2.64 bits per heavy atom. The van der Waals surface area contributed by atoms with E-state index in [0.717, 1.165) is 32.4 Å². The minimum atomic E-state index is -1.88. The van der Waals surface area contributed by atoms with Crippen molar-refractivity contribution >= 4 is 9.73 Å². The Balaban J connectivity index is 2.04. The quantitative estimate of drug-likeness (QED) is 0.754. The summed E-state index contributed by atoms with van der Waals surface area (Å²) < 4.78 is 16.7. The van der Waals surface area contributed by atoms with Crippen molar-refractivity contribution in [1.82, 2.24) is 5.32 Å². The van der Waals surface area contributed by atoms with Crippen LogP contribution in [0, 0.1) is 5.92 Å². The Kier molecular flexibility index (Phi) is 2.84. The molecule has 2 rings (SSSR count). The number of piperidine rings is 1. The van der Waals surface area contributed by atoms with Gasteiger partial charge >= 0.3 is 0 Å². The van der Waals surface area contributed by atoms with E-state index in [2.05, 4.69) is 16.6 Å². The molecule has 0 spiro atoms. The topological polar surface area (TPSA) is 41.5 Å². The molecule has 14 heavy (non-hydrogen) atoms. The molecule has 1 aliphatic heterocycles. The zero-order chi connectivity index (χ0) is 10.2. The third kappa shape index (κ3) is 2.48. The Morgan fingerprint density at radius 1 is 1.36 bits per heavy atom. The van der Waals surface area contributed by atoms with E-state index < -0.39 is 9.73 Å². The molecule has 3 nitrogen and oxygen atoms in total. The third-order valence-electron chi connectivity index (χ3n) is 3.05. The van der Waals surface area contributed by atoms with Crippen molar-refractivity contribution in [2.45, 2.75) is 37.5 Å². The molecular weight excluding hydrogens is 196 g/mol. The van der Waals surface area contributed by atoms with Gasteiger partial charge in [-0.15, -0.1) is 0 Å². The Bertz CT molecular complexity index is 316. The first-order valence-corrected chi connectivity index (χ1v) is 7.47. The highest BCUT2D eigenvalue weighted by Crippen LogP contribution is 2.30. The average molecular weight is 216 g/mol. The van der Waals surface area contributed by atoms with Crippen LogP contribution < -0.4 is 5.32 Å². The zero-order valence-electron chi connectivity index (χ0n) is 9.03. The Morgan fingerprint density at radius 2 is 2.07 bits per heavy atom. The van der Waals surface area contributed by atoms with Gasteiger partial charge in [0.15, 0.2) is 0 Å². The maximum Gasteiger partial charge on any atom is 0.0721 e. The van der Waals surface area contributed by atoms with Crippen molar-refractivity contribution in [2.75, 3.05) is 19.3 Å². The summed E-state index contributed by atoms with van der Waals surface area (Å²) in [5.41, 5.74) is 0. The van der Waals surface area contributed by atoms with Crippen LogP contribution in [0.25, 0.3) is 0 Å². The fourth-order valence-corrected chi connectivity index (χ4v) is 4.03.